The van der Waals surface area contributed by atoms with E-state index in [1.807, 2.05) is 24.3 Å². The van der Waals surface area contributed by atoms with E-state index in [0.717, 1.165) is 30.6 Å². The number of hydrogen-bond donors (Lipinski definition) is 3. The molecule has 0 bridgehead atoms. The standard InChI is InChI=1S/C26H43NO4/c1-2-3-4-5-6-7-8-9-10-11-12-13-20-27-24-17-14-23(15-18-24)16-19-26(30)31-22-25(29)21-28/h10-11,14-15,17-18,25,27-29H,2-9,12-13,16,19-22H2,1H3. The fourth-order valence-electron chi connectivity index (χ4n) is 3.26. The van der Waals surface area contributed by atoms with Gasteiger partial charge in [-0.05, 0) is 49.8 Å². The summed E-state index contributed by atoms with van der Waals surface area (Å²) in [5.74, 6) is -0.366. The Hall–Kier alpha value is -1.85. The molecule has 0 radical (unpaired) electrons. The highest BCUT2D eigenvalue weighted by Crippen LogP contribution is 2.12. The van der Waals surface area contributed by atoms with Crippen molar-refractivity contribution in [2.45, 2.75) is 90.1 Å². The van der Waals surface area contributed by atoms with Gasteiger partial charge in [0.25, 0.3) is 0 Å². The number of ether oxygens (including phenoxy) is 1. The van der Waals surface area contributed by atoms with Crippen molar-refractivity contribution in [3.63, 3.8) is 0 Å². The van der Waals surface area contributed by atoms with Crippen molar-refractivity contribution >= 4 is 11.7 Å². The number of allylic oxidation sites excluding steroid dienone is 2. The highest BCUT2D eigenvalue weighted by molar-refractivity contribution is 5.69. The lowest BCUT2D eigenvalue weighted by Crippen LogP contribution is -2.22. The number of hydrogen-bond acceptors (Lipinski definition) is 5. The smallest absolute Gasteiger partial charge is 0.306 e. The minimum absolute atomic E-state index is 0.160. The van der Waals surface area contributed by atoms with Gasteiger partial charge in [-0.15, -0.1) is 0 Å². The summed E-state index contributed by atoms with van der Waals surface area (Å²) in [5, 5.41) is 21.3. The lowest BCUT2D eigenvalue weighted by Gasteiger charge is -2.09. The van der Waals surface area contributed by atoms with Crippen LogP contribution in [0.25, 0.3) is 0 Å². The van der Waals surface area contributed by atoms with Crippen LogP contribution in [0.4, 0.5) is 5.69 Å². The summed E-state index contributed by atoms with van der Waals surface area (Å²) in [6.45, 7) is 2.64. The van der Waals surface area contributed by atoms with E-state index in [0.29, 0.717) is 6.42 Å². The van der Waals surface area contributed by atoms with Crippen LogP contribution in [0.5, 0.6) is 0 Å². The van der Waals surface area contributed by atoms with Gasteiger partial charge in [0, 0.05) is 18.7 Å². The number of unbranched alkanes of at least 4 members (excludes halogenated alkanes) is 8. The first-order valence-electron chi connectivity index (χ1n) is 12.1. The number of aliphatic hydroxyl groups is 2. The summed E-state index contributed by atoms with van der Waals surface area (Å²) in [6.07, 6.45) is 17.5. The first-order valence-corrected chi connectivity index (χ1v) is 12.1. The number of aryl methyl sites for hydroxylation is 1. The van der Waals surface area contributed by atoms with Crippen molar-refractivity contribution in [2.75, 3.05) is 25.1 Å². The van der Waals surface area contributed by atoms with Gasteiger partial charge in [0.2, 0.25) is 0 Å². The average Bonchev–Trinajstić information content (AvgIpc) is 2.79. The molecular weight excluding hydrogens is 390 g/mol. The Balaban J connectivity index is 2.03. The third-order valence-corrected chi connectivity index (χ3v) is 5.24. The van der Waals surface area contributed by atoms with E-state index < -0.39 is 12.7 Å². The summed E-state index contributed by atoms with van der Waals surface area (Å²) >= 11 is 0. The Morgan fingerprint density at radius 3 is 2.32 bits per heavy atom. The average molecular weight is 434 g/mol. The summed E-state index contributed by atoms with van der Waals surface area (Å²) in [7, 11) is 0. The van der Waals surface area contributed by atoms with Crippen LogP contribution < -0.4 is 5.32 Å². The fourth-order valence-corrected chi connectivity index (χ4v) is 3.26. The number of anilines is 1. The predicted molar refractivity (Wildman–Crippen MR) is 128 cm³/mol. The molecule has 0 saturated carbocycles. The van der Waals surface area contributed by atoms with Crippen LogP contribution in [-0.4, -0.2) is 42.0 Å². The molecule has 3 N–H and O–H groups in total. The van der Waals surface area contributed by atoms with E-state index in [4.69, 9.17) is 9.84 Å². The Morgan fingerprint density at radius 2 is 1.65 bits per heavy atom. The van der Waals surface area contributed by atoms with E-state index in [1.54, 1.807) is 0 Å². The molecule has 1 rings (SSSR count). The minimum Gasteiger partial charge on any atom is -0.463 e. The minimum atomic E-state index is -1.00. The second-order valence-electron chi connectivity index (χ2n) is 8.17. The first-order chi connectivity index (χ1) is 15.2. The van der Waals surface area contributed by atoms with Crippen LogP contribution >= 0.6 is 0 Å². The molecule has 5 nitrogen and oxygen atoms in total. The molecule has 5 heteroatoms. The first kappa shape index (κ1) is 27.2. The summed E-state index contributed by atoms with van der Waals surface area (Å²) < 4.78 is 4.90. The fraction of sp³-hybridized carbons (Fsp3) is 0.654. The maximum Gasteiger partial charge on any atom is 0.306 e. The molecule has 0 saturated heterocycles. The van der Waals surface area contributed by atoms with E-state index in [9.17, 15) is 9.90 Å². The molecule has 1 aromatic rings. The topological polar surface area (TPSA) is 78.8 Å². The molecule has 1 unspecified atom stereocenters. The van der Waals surface area contributed by atoms with E-state index in [2.05, 4.69) is 24.4 Å². The molecule has 0 amide bonds. The Morgan fingerprint density at radius 1 is 1.00 bits per heavy atom. The number of carbonyl (C=O) groups is 1. The number of rotatable bonds is 19. The third kappa shape index (κ3) is 15.6. The maximum absolute atomic E-state index is 11.6. The second-order valence-corrected chi connectivity index (χ2v) is 8.17. The zero-order valence-corrected chi connectivity index (χ0v) is 19.4. The SMILES string of the molecule is CCCCCCCCCC=CCCCNc1ccc(CCC(=O)OCC(O)CO)cc1. The summed E-state index contributed by atoms with van der Waals surface area (Å²) in [6, 6.07) is 8.10. The van der Waals surface area contributed by atoms with Crippen LogP contribution in [0.1, 0.15) is 83.1 Å². The molecule has 0 aliphatic carbocycles. The van der Waals surface area contributed by atoms with Gasteiger partial charge in [0.05, 0.1) is 6.61 Å². The number of esters is 1. The van der Waals surface area contributed by atoms with Gasteiger partial charge in [-0.25, -0.2) is 0 Å². The molecule has 0 aliphatic rings. The summed E-state index contributed by atoms with van der Waals surface area (Å²) in [4.78, 5) is 11.6. The van der Waals surface area contributed by atoms with Crippen molar-refractivity contribution < 1.29 is 19.7 Å². The molecular formula is C26H43NO4. The quantitative estimate of drug-likeness (QED) is 0.155. The number of aliphatic hydroxyl groups excluding tert-OH is 2. The van der Waals surface area contributed by atoms with E-state index in [-0.39, 0.29) is 19.0 Å². The van der Waals surface area contributed by atoms with Gasteiger partial charge in [-0.2, -0.15) is 0 Å². The van der Waals surface area contributed by atoms with E-state index >= 15 is 0 Å². The van der Waals surface area contributed by atoms with Crippen molar-refractivity contribution in [1.29, 1.82) is 0 Å². The summed E-state index contributed by atoms with van der Waals surface area (Å²) in [5.41, 5.74) is 2.16. The zero-order chi connectivity index (χ0) is 22.6. The number of nitrogens with one attached hydrogen (secondary N) is 1. The van der Waals surface area contributed by atoms with Crippen molar-refractivity contribution in [3.05, 3.63) is 42.0 Å². The monoisotopic (exact) mass is 433 g/mol. The Bertz CT molecular complexity index is 586. The molecule has 1 atom stereocenters. The van der Waals surface area contributed by atoms with Gasteiger partial charge in [0.15, 0.2) is 0 Å². The molecule has 0 spiro atoms. The van der Waals surface area contributed by atoms with Crippen LogP contribution in [0, 0.1) is 0 Å². The molecule has 176 valence electrons. The van der Waals surface area contributed by atoms with Crippen LogP contribution in [0.3, 0.4) is 0 Å². The molecule has 1 aromatic carbocycles. The van der Waals surface area contributed by atoms with Crippen LogP contribution in [0.15, 0.2) is 36.4 Å². The van der Waals surface area contributed by atoms with Crippen LogP contribution in [-0.2, 0) is 16.0 Å². The lowest BCUT2D eigenvalue weighted by molar-refractivity contribution is -0.147. The zero-order valence-electron chi connectivity index (χ0n) is 19.4. The van der Waals surface area contributed by atoms with Crippen LogP contribution in [0.2, 0.25) is 0 Å². The number of carbonyl (C=O) groups excluding carboxylic acids is 1. The van der Waals surface area contributed by atoms with Gasteiger partial charge >= 0.3 is 5.97 Å². The Labute approximate surface area is 188 Å². The molecule has 0 aromatic heterocycles. The van der Waals surface area contributed by atoms with Crippen molar-refractivity contribution in [2.24, 2.45) is 0 Å². The third-order valence-electron chi connectivity index (χ3n) is 5.24. The molecule has 0 fully saturated rings. The maximum atomic E-state index is 11.6. The Kier molecular flexibility index (Phi) is 16.6. The highest BCUT2D eigenvalue weighted by atomic mass is 16.5. The van der Waals surface area contributed by atoms with Gasteiger partial charge in [-0.1, -0.05) is 69.7 Å². The van der Waals surface area contributed by atoms with Gasteiger partial charge in [-0.3, -0.25) is 4.79 Å². The number of benzene rings is 1. The van der Waals surface area contributed by atoms with Gasteiger partial charge < -0.3 is 20.3 Å². The second kappa shape index (κ2) is 18.9. The molecule has 0 heterocycles. The van der Waals surface area contributed by atoms with E-state index in [1.165, 1.54) is 51.4 Å². The van der Waals surface area contributed by atoms with Crippen molar-refractivity contribution in [1.82, 2.24) is 0 Å². The van der Waals surface area contributed by atoms with Gasteiger partial charge in [0.1, 0.15) is 12.7 Å². The van der Waals surface area contributed by atoms with Crippen molar-refractivity contribution in [3.8, 4) is 0 Å². The highest BCUT2D eigenvalue weighted by Gasteiger charge is 2.08. The normalized spacial score (nSPS) is 12.2. The molecule has 31 heavy (non-hydrogen) atoms. The lowest BCUT2D eigenvalue weighted by atomic mass is 10.1. The largest absolute Gasteiger partial charge is 0.463 e. The predicted octanol–water partition coefficient (Wildman–Crippen LogP) is 5.40. The molecule has 0 aliphatic heterocycles.